The van der Waals surface area contributed by atoms with Crippen LogP contribution >= 0.6 is 0 Å². The standard InChI is InChI=1S/C32H35N3O6/c1-4-40-23-13-11-22(12-14-23)33-16-6-10-24-25(29(33)37)26-30(38)35(18-19-36)28-31(39)34(17-7-15-32(26,28)41-24)27-20(2)8-5-9-21(27)3/h5-15,24-26,28,36H,4,16-19H2,1-3H3/t24-,25+,26-,28?,32-/m0/s1. The van der Waals surface area contributed by atoms with Gasteiger partial charge in [0.1, 0.15) is 17.4 Å². The van der Waals surface area contributed by atoms with Gasteiger partial charge in [-0.15, -0.1) is 0 Å². The van der Waals surface area contributed by atoms with Crippen molar-refractivity contribution in [3.05, 3.63) is 77.9 Å². The van der Waals surface area contributed by atoms with E-state index >= 15 is 0 Å². The molecule has 0 radical (unpaired) electrons. The second kappa shape index (κ2) is 10.5. The molecular weight excluding hydrogens is 522 g/mol. The van der Waals surface area contributed by atoms with Gasteiger partial charge in [-0.3, -0.25) is 14.4 Å². The van der Waals surface area contributed by atoms with Crippen LogP contribution < -0.4 is 14.5 Å². The molecule has 0 aromatic heterocycles. The third-order valence-corrected chi connectivity index (χ3v) is 8.67. The number of aliphatic hydroxyl groups is 1. The lowest BCUT2D eigenvalue weighted by Gasteiger charge is -2.35. The second-order valence-electron chi connectivity index (χ2n) is 11.0. The van der Waals surface area contributed by atoms with E-state index in [0.29, 0.717) is 31.1 Å². The number of rotatable bonds is 6. The van der Waals surface area contributed by atoms with E-state index in [0.717, 1.165) is 16.8 Å². The maximum atomic E-state index is 14.4. The highest BCUT2D eigenvalue weighted by atomic mass is 16.5. The van der Waals surface area contributed by atoms with Crippen LogP contribution in [0, 0.1) is 25.7 Å². The van der Waals surface area contributed by atoms with Gasteiger partial charge in [0.05, 0.1) is 31.2 Å². The Morgan fingerprint density at radius 2 is 1.66 bits per heavy atom. The molecule has 5 atom stereocenters. The number of hydrogen-bond donors (Lipinski definition) is 1. The topological polar surface area (TPSA) is 99.6 Å². The smallest absolute Gasteiger partial charge is 0.253 e. The summed E-state index contributed by atoms with van der Waals surface area (Å²) in [6.07, 6.45) is 6.74. The lowest BCUT2D eigenvalue weighted by Crippen LogP contribution is -2.56. The maximum absolute atomic E-state index is 14.4. The number of benzene rings is 2. The Hall–Kier alpha value is -3.95. The SMILES string of the molecule is CCOc1ccc(N2CC=C[C@@H]3O[C@]45C=CCN(c6c(C)cccc6C)C(=O)C4N(CCO)C(=O)[C@@H]5[C@@H]3C2=O)cc1. The minimum atomic E-state index is -1.34. The molecule has 9 nitrogen and oxygen atoms in total. The average Bonchev–Trinajstić information content (AvgIpc) is 3.26. The molecule has 4 aliphatic heterocycles. The van der Waals surface area contributed by atoms with Crippen LogP contribution in [-0.2, 0) is 19.1 Å². The Labute approximate surface area is 239 Å². The Morgan fingerprint density at radius 3 is 2.34 bits per heavy atom. The van der Waals surface area contributed by atoms with E-state index in [-0.39, 0.29) is 30.9 Å². The van der Waals surface area contributed by atoms with Gasteiger partial charge in [-0.1, -0.05) is 42.5 Å². The van der Waals surface area contributed by atoms with Crippen molar-refractivity contribution in [1.29, 1.82) is 0 Å². The number of ether oxygens (including phenoxy) is 2. The number of para-hydroxylation sites is 1. The normalized spacial score (nSPS) is 28.9. The summed E-state index contributed by atoms with van der Waals surface area (Å²) in [5.74, 6) is -1.91. The molecule has 6 rings (SSSR count). The minimum absolute atomic E-state index is 0.0324. The van der Waals surface area contributed by atoms with E-state index in [1.165, 1.54) is 4.90 Å². The summed E-state index contributed by atoms with van der Waals surface area (Å²) in [5.41, 5.74) is 2.03. The van der Waals surface area contributed by atoms with E-state index in [2.05, 4.69) is 0 Å². The van der Waals surface area contributed by atoms with Crippen LogP contribution in [0.3, 0.4) is 0 Å². The van der Waals surface area contributed by atoms with Crippen LogP contribution in [0.15, 0.2) is 66.8 Å². The first kappa shape index (κ1) is 27.2. The van der Waals surface area contributed by atoms with Gasteiger partial charge in [0.15, 0.2) is 0 Å². The predicted molar refractivity (Wildman–Crippen MR) is 154 cm³/mol. The molecule has 0 aliphatic carbocycles. The molecule has 0 saturated carbocycles. The van der Waals surface area contributed by atoms with Crippen molar-refractivity contribution >= 4 is 29.1 Å². The monoisotopic (exact) mass is 557 g/mol. The van der Waals surface area contributed by atoms with Crippen molar-refractivity contribution in [2.75, 3.05) is 42.6 Å². The highest BCUT2D eigenvalue weighted by molar-refractivity contribution is 6.07. The first-order chi connectivity index (χ1) is 19.8. The van der Waals surface area contributed by atoms with Gasteiger partial charge in [0, 0.05) is 31.0 Å². The maximum Gasteiger partial charge on any atom is 0.253 e. The van der Waals surface area contributed by atoms with Crippen molar-refractivity contribution in [2.45, 2.75) is 38.5 Å². The molecular formula is C32H35N3O6. The number of nitrogens with zero attached hydrogens (tertiary/aromatic N) is 3. The van der Waals surface area contributed by atoms with Crippen molar-refractivity contribution in [1.82, 2.24) is 4.90 Å². The van der Waals surface area contributed by atoms with Gasteiger partial charge in [-0.05, 0) is 56.2 Å². The van der Waals surface area contributed by atoms with Crippen molar-refractivity contribution in [3.63, 3.8) is 0 Å². The number of aryl methyl sites for hydroxylation is 2. The molecule has 2 aromatic carbocycles. The van der Waals surface area contributed by atoms with Crippen LogP contribution in [0.2, 0.25) is 0 Å². The molecule has 214 valence electrons. The second-order valence-corrected chi connectivity index (χ2v) is 11.0. The highest BCUT2D eigenvalue weighted by Gasteiger charge is 2.71. The molecule has 2 saturated heterocycles. The summed E-state index contributed by atoms with van der Waals surface area (Å²) in [4.78, 5) is 47.6. The lowest BCUT2D eigenvalue weighted by atomic mass is 9.77. The van der Waals surface area contributed by atoms with Gasteiger partial charge >= 0.3 is 0 Å². The molecule has 41 heavy (non-hydrogen) atoms. The largest absolute Gasteiger partial charge is 0.494 e. The van der Waals surface area contributed by atoms with Crippen LogP contribution in [0.5, 0.6) is 5.75 Å². The molecule has 1 spiro atoms. The van der Waals surface area contributed by atoms with Crippen LogP contribution in [0.4, 0.5) is 11.4 Å². The summed E-state index contributed by atoms with van der Waals surface area (Å²) >= 11 is 0. The number of likely N-dealkylation sites (tertiary alicyclic amines) is 1. The molecule has 4 heterocycles. The van der Waals surface area contributed by atoms with E-state index in [1.54, 1.807) is 9.80 Å². The highest BCUT2D eigenvalue weighted by Crippen LogP contribution is 2.54. The molecule has 9 heteroatoms. The van der Waals surface area contributed by atoms with E-state index in [1.807, 2.05) is 87.5 Å². The van der Waals surface area contributed by atoms with Gasteiger partial charge in [-0.25, -0.2) is 0 Å². The van der Waals surface area contributed by atoms with Crippen molar-refractivity contribution in [2.24, 2.45) is 11.8 Å². The molecule has 0 bridgehead atoms. The Morgan fingerprint density at radius 1 is 0.951 bits per heavy atom. The number of fused-ring (bicyclic) bond motifs is 2. The van der Waals surface area contributed by atoms with Crippen molar-refractivity contribution < 1.29 is 29.0 Å². The summed E-state index contributed by atoms with van der Waals surface area (Å²) in [5, 5.41) is 9.93. The zero-order valence-corrected chi connectivity index (χ0v) is 23.5. The fourth-order valence-electron chi connectivity index (χ4n) is 7.04. The summed E-state index contributed by atoms with van der Waals surface area (Å²) < 4.78 is 12.2. The average molecular weight is 558 g/mol. The first-order valence-corrected chi connectivity index (χ1v) is 14.2. The number of hydrogen-bond acceptors (Lipinski definition) is 6. The number of aliphatic hydroxyl groups excluding tert-OH is 1. The van der Waals surface area contributed by atoms with E-state index in [4.69, 9.17) is 9.47 Å². The van der Waals surface area contributed by atoms with E-state index in [9.17, 15) is 19.5 Å². The van der Waals surface area contributed by atoms with Gasteiger partial charge in [-0.2, -0.15) is 0 Å². The molecule has 4 aliphatic rings. The fraction of sp³-hybridized carbons (Fsp3) is 0.406. The van der Waals surface area contributed by atoms with E-state index < -0.39 is 29.6 Å². The third kappa shape index (κ3) is 4.18. The number of amides is 3. The summed E-state index contributed by atoms with van der Waals surface area (Å²) in [6.45, 7) is 6.65. The third-order valence-electron chi connectivity index (χ3n) is 8.67. The molecule has 1 N–H and O–H groups in total. The van der Waals surface area contributed by atoms with Crippen LogP contribution in [-0.4, -0.2) is 78.3 Å². The fourth-order valence-corrected chi connectivity index (χ4v) is 7.04. The van der Waals surface area contributed by atoms with Gasteiger partial charge in [0.25, 0.3) is 5.91 Å². The number of anilines is 2. The zero-order chi connectivity index (χ0) is 28.9. The lowest BCUT2D eigenvalue weighted by molar-refractivity contribution is -0.141. The van der Waals surface area contributed by atoms with Crippen LogP contribution in [0.25, 0.3) is 0 Å². The predicted octanol–water partition coefficient (Wildman–Crippen LogP) is 2.78. The van der Waals surface area contributed by atoms with Crippen molar-refractivity contribution in [3.8, 4) is 5.75 Å². The number of carbonyl (C=O) groups excluding carboxylic acids is 3. The molecule has 3 amide bonds. The zero-order valence-electron chi connectivity index (χ0n) is 23.5. The van der Waals surface area contributed by atoms with Gasteiger partial charge < -0.3 is 29.3 Å². The van der Waals surface area contributed by atoms with Gasteiger partial charge in [0.2, 0.25) is 11.8 Å². The minimum Gasteiger partial charge on any atom is -0.494 e. The van der Waals surface area contributed by atoms with Crippen LogP contribution in [0.1, 0.15) is 18.1 Å². The summed E-state index contributed by atoms with van der Waals surface area (Å²) in [6, 6.07) is 12.1. The quantitative estimate of drug-likeness (QED) is 0.549. The molecule has 2 aromatic rings. The molecule has 1 unspecified atom stereocenters. The summed E-state index contributed by atoms with van der Waals surface area (Å²) in [7, 11) is 0. The molecule has 2 fully saturated rings. The Balaban J connectivity index is 1.41. The number of carbonyl (C=O) groups is 3. The Kier molecular flexibility index (Phi) is 6.95. The number of β-amino-alcohol motifs (C(OH)–C–C–N with tert-alkyl or cyclic N) is 1. The first-order valence-electron chi connectivity index (χ1n) is 14.2. The Bertz CT molecular complexity index is 1420.